The van der Waals surface area contributed by atoms with Crippen molar-refractivity contribution in [1.82, 2.24) is 15.1 Å². The van der Waals surface area contributed by atoms with Crippen LogP contribution < -0.4 is 5.32 Å². The lowest BCUT2D eigenvalue weighted by molar-refractivity contribution is -0.143. The Morgan fingerprint density at radius 2 is 1.92 bits per heavy atom. The predicted molar refractivity (Wildman–Crippen MR) is 95.3 cm³/mol. The molecule has 134 valence electrons. The van der Waals surface area contributed by atoms with Crippen LogP contribution in [0.5, 0.6) is 0 Å². The van der Waals surface area contributed by atoms with E-state index in [9.17, 15) is 9.59 Å². The Bertz CT molecular complexity index is 780. The molecule has 6 heteroatoms. The maximum Gasteiger partial charge on any atom is 0.308 e. The van der Waals surface area contributed by atoms with Crippen molar-refractivity contribution in [3.63, 3.8) is 0 Å². The highest BCUT2D eigenvalue weighted by atomic mass is 16.5. The molecule has 0 radical (unpaired) electrons. The summed E-state index contributed by atoms with van der Waals surface area (Å²) in [7, 11) is 1.80. The van der Waals surface area contributed by atoms with E-state index >= 15 is 0 Å². The number of nitrogens with zero attached hydrogens (tertiary/aromatic N) is 2. The van der Waals surface area contributed by atoms with Crippen LogP contribution in [0.1, 0.15) is 52.3 Å². The highest BCUT2D eigenvalue weighted by Crippen LogP contribution is 2.23. The van der Waals surface area contributed by atoms with Gasteiger partial charge in [-0.15, -0.1) is 0 Å². The van der Waals surface area contributed by atoms with Gasteiger partial charge in [-0.1, -0.05) is 24.3 Å². The molecule has 2 aromatic rings. The molecule has 1 aromatic carbocycles. The molecule has 1 atom stereocenters. The van der Waals surface area contributed by atoms with Crippen LogP contribution in [-0.4, -0.2) is 28.3 Å². The van der Waals surface area contributed by atoms with Gasteiger partial charge in [-0.2, -0.15) is 5.10 Å². The number of esters is 1. The maximum atomic E-state index is 12.8. The van der Waals surface area contributed by atoms with E-state index in [0.717, 1.165) is 16.8 Å². The van der Waals surface area contributed by atoms with Crippen molar-refractivity contribution < 1.29 is 14.3 Å². The molecule has 0 bridgehead atoms. The summed E-state index contributed by atoms with van der Waals surface area (Å²) in [6, 6.07) is 7.25. The fraction of sp³-hybridized carbons (Fsp3) is 0.421. The van der Waals surface area contributed by atoms with Gasteiger partial charge in [0.1, 0.15) is 0 Å². The quantitative estimate of drug-likeness (QED) is 0.819. The molecular formula is C19H25N3O3. The lowest BCUT2D eigenvalue weighted by Gasteiger charge is -2.20. The number of amides is 1. The molecule has 0 unspecified atom stereocenters. The van der Waals surface area contributed by atoms with E-state index in [1.54, 1.807) is 25.6 Å². The zero-order chi connectivity index (χ0) is 18.6. The number of carbonyl (C=O) groups is 2. The third kappa shape index (κ3) is 4.26. The van der Waals surface area contributed by atoms with Gasteiger partial charge in [0.05, 0.1) is 30.3 Å². The standard InChI is InChI=1S/C19H25N3O3/c1-6-25-17(23)11-16(15-10-8-7-9-12(15)2)20-19(24)18-13(3)21-22(5)14(18)4/h7-10,16H,6,11H2,1-5H3,(H,20,24)/t16-/m1/s1. The molecule has 1 amide bonds. The van der Waals surface area contributed by atoms with Gasteiger partial charge in [-0.25, -0.2) is 0 Å². The zero-order valence-electron chi connectivity index (χ0n) is 15.4. The second kappa shape index (κ2) is 7.96. The summed E-state index contributed by atoms with van der Waals surface area (Å²) in [6.07, 6.45) is 0.0861. The minimum absolute atomic E-state index is 0.0861. The molecule has 1 N–H and O–H groups in total. The van der Waals surface area contributed by atoms with E-state index in [1.807, 2.05) is 38.1 Å². The number of nitrogens with one attached hydrogen (secondary N) is 1. The van der Waals surface area contributed by atoms with Crippen molar-refractivity contribution >= 4 is 11.9 Å². The van der Waals surface area contributed by atoms with Crippen molar-refractivity contribution in [2.75, 3.05) is 6.61 Å². The van der Waals surface area contributed by atoms with Crippen molar-refractivity contribution in [2.24, 2.45) is 7.05 Å². The lowest BCUT2D eigenvalue weighted by atomic mass is 9.98. The lowest BCUT2D eigenvalue weighted by Crippen LogP contribution is -2.31. The first-order chi connectivity index (χ1) is 11.8. The molecule has 0 saturated heterocycles. The highest BCUT2D eigenvalue weighted by Gasteiger charge is 2.24. The number of aromatic nitrogens is 2. The second-order valence-electron chi connectivity index (χ2n) is 6.06. The topological polar surface area (TPSA) is 73.2 Å². The van der Waals surface area contributed by atoms with Crippen molar-refractivity contribution in [3.8, 4) is 0 Å². The van der Waals surface area contributed by atoms with Gasteiger partial charge in [0.15, 0.2) is 0 Å². The molecule has 25 heavy (non-hydrogen) atoms. The van der Waals surface area contributed by atoms with E-state index in [-0.39, 0.29) is 18.3 Å². The third-order valence-electron chi connectivity index (χ3n) is 4.28. The monoisotopic (exact) mass is 343 g/mol. The van der Waals surface area contributed by atoms with E-state index in [2.05, 4.69) is 10.4 Å². The summed E-state index contributed by atoms with van der Waals surface area (Å²) in [5.41, 5.74) is 3.91. The Hall–Kier alpha value is -2.63. The summed E-state index contributed by atoms with van der Waals surface area (Å²) in [5, 5.41) is 7.27. The Balaban J connectivity index is 2.31. The number of benzene rings is 1. The molecule has 0 aliphatic rings. The average Bonchev–Trinajstić information content (AvgIpc) is 2.80. The number of ether oxygens (including phenoxy) is 1. The number of hydrogen-bond donors (Lipinski definition) is 1. The first kappa shape index (κ1) is 18.7. The molecule has 0 fully saturated rings. The van der Waals surface area contributed by atoms with Crippen molar-refractivity contribution in [1.29, 1.82) is 0 Å². The summed E-state index contributed by atoms with van der Waals surface area (Å²) in [5.74, 6) is -0.573. The fourth-order valence-corrected chi connectivity index (χ4v) is 2.94. The summed E-state index contributed by atoms with van der Waals surface area (Å²) >= 11 is 0. The summed E-state index contributed by atoms with van der Waals surface area (Å²) in [4.78, 5) is 24.8. The van der Waals surface area contributed by atoms with Crippen LogP contribution in [0, 0.1) is 20.8 Å². The molecular weight excluding hydrogens is 318 g/mol. The van der Waals surface area contributed by atoms with Crippen molar-refractivity contribution in [3.05, 3.63) is 52.3 Å². The van der Waals surface area contributed by atoms with E-state index in [1.165, 1.54) is 0 Å². The first-order valence-electron chi connectivity index (χ1n) is 8.37. The summed E-state index contributed by atoms with van der Waals surface area (Å²) in [6.45, 7) is 7.69. The van der Waals surface area contributed by atoms with Gasteiger partial charge in [0, 0.05) is 12.7 Å². The molecule has 0 aliphatic heterocycles. The fourth-order valence-electron chi connectivity index (χ4n) is 2.94. The molecule has 1 aromatic heterocycles. The van der Waals surface area contributed by atoms with Crippen molar-refractivity contribution in [2.45, 2.75) is 40.2 Å². The Kier molecular flexibility index (Phi) is 5.96. The Morgan fingerprint density at radius 3 is 2.48 bits per heavy atom. The van der Waals surface area contributed by atoms with E-state index in [4.69, 9.17) is 4.74 Å². The van der Waals surface area contributed by atoms with Gasteiger partial charge in [-0.3, -0.25) is 14.3 Å². The first-order valence-corrected chi connectivity index (χ1v) is 8.37. The normalized spacial score (nSPS) is 11.9. The molecule has 0 spiro atoms. The number of hydrogen-bond acceptors (Lipinski definition) is 4. The number of aryl methyl sites for hydroxylation is 3. The third-order valence-corrected chi connectivity index (χ3v) is 4.28. The van der Waals surface area contributed by atoms with E-state index < -0.39 is 6.04 Å². The van der Waals surface area contributed by atoms with Gasteiger partial charge in [-0.05, 0) is 38.8 Å². The molecule has 0 aliphatic carbocycles. The minimum Gasteiger partial charge on any atom is -0.466 e. The van der Waals surface area contributed by atoms with Crippen LogP contribution in [0.3, 0.4) is 0 Å². The maximum absolute atomic E-state index is 12.8. The molecule has 1 heterocycles. The smallest absolute Gasteiger partial charge is 0.308 e. The Labute approximate surface area is 148 Å². The highest BCUT2D eigenvalue weighted by molar-refractivity contribution is 5.96. The van der Waals surface area contributed by atoms with Gasteiger partial charge in [0.2, 0.25) is 0 Å². The van der Waals surface area contributed by atoms with Crippen LogP contribution in [0.25, 0.3) is 0 Å². The number of carbonyl (C=O) groups excluding carboxylic acids is 2. The largest absolute Gasteiger partial charge is 0.466 e. The molecule has 2 rings (SSSR count). The minimum atomic E-state index is -0.452. The van der Waals surface area contributed by atoms with Crippen LogP contribution in [0.4, 0.5) is 0 Å². The average molecular weight is 343 g/mol. The van der Waals surface area contributed by atoms with Gasteiger partial charge in [0.25, 0.3) is 5.91 Å². The number of rotatable bonds is 6. The zero-order valence-corrected chi connectivity index (χ0v) is 15.4. The molecule has 0 saturated carbocycles. The summed E-state index contributed by atoms with van der Waals surface area (Å²) < 4.78 is 6.74. The van der Waals surface area contributed by atoms with Crippen LogP contribution >= 0.6 is 0 Å². The predicted octanol–water partition coefficient (Wildman–Crippen LogP) is 2.77. The van der Waals surface area contributed by atoms with Crippen LogP contribution in [-0.2, 0) is 16.6 Å². The van der Waals surface area contributed by atoms with Crippen LogP contribution in [0.2, 0.25) is 0 Å². The Morgan fingerprint density at radius 1 is 1.24 bits per heavy atom. The SMILES string of the molecule is CCOC(=O)C[C@@H](NC(=O)c1c(C)nn(C)c1C)c1ccccc1C. The molecule has 6 nitrogen and oxygen atoms in total. The van der Waals surface area contributed by atoms with Gasteiger partial charge < -0.3 is 10.1 Å². The van der Waals surface area contributed by atoms with Gasteiger partial charge >= 0.3 is 5.97 Å². The van der Waals surface area contributed by atoms with Crippen LogP contribution in [0.15, 0.2) is 24.3 Å². The second-order valence-corrected chi connectivity index (χ2v) is 6.06. The van der Waals surface area contributed by atoms with E-state index in [0.29, 0.717) is 17.9 Å².